The molecule has 0 aliphatic carbocycles. The van der Waals surface area contributed by atoms with E-state index in [1.54, 1.807) is 7.11 Å². The van der Waals surface area contributed by atoms with E-state index in [4.69, 9.17) is 16.3 Å². The van der Waals surface area contributed by atoms with Gasteiger partial charge in [-0.05, 0) is 42.9 Å². The molecule has 6 heteroatoms. The monoisotopic (exact) mass is 451 g/mol. The van der Waals surface area contributed by atoms with Gasteiger partial charge < -0.3 is 15.0 Å². The number of piperidine rings is 1. The summed E-state index contributed by atoms with van der Waals surface area (Å²) in [4.78, 5) is 6.76. The van der Waals surface area contributed by atoms with E-state index in [2.05, 4.69) is 22.1 Å². The molecular weight excluding hydrogens is 425 g/mol. The van der Waals surface area contributed by atoms with Crippen LogP contribution in [0.5, 0.6) is 5.75 Å². The second-order valence-corrected chi connectivity index (χ2v) is 6.28. The van der Waals surface area contributed by atoms with Crippen LogP contribution in [-0.4, -0.2) is 44.7 Å². The molecule has 1 atom stereocenters. The van der Waals surface area contributed by atoms with Crippen molar-refractivity contribution < 1.29 is 4.74 Å². The fraction of sp³-hybridized carbons (Fsp3) is 0.588. The zero-order chi connectivity index (χ0) is 15.9. The van der Waals surface area contributed by atoms with Crippen molar-refractivity contribution in [2.24, 2.45) is 10.9 Å². The lowest BCUT2D eigenvalue weighted by Crippen LogP contribution is -2.46. The van der Waals surface area contributed by atoms with Gasteiger partial charge in [0, 0.05) is 31.7 Å². The van der Waals surface area contributed by atoms with E-state index in [-0.39, 0.29) is 24.0 Å². The van der Waals surface area contributed by atoms with E-state index in [0.29, 0.717) is 0 Å². The molecule has 0 spiro atoms. The molecule has 1 saturated heterocycles. The minimum absolute atomic E-state index is 0. The van der Waals surface area contributed by atoms with E-state index >= 15 is 0 Å². The molecule has 1 aliphatic heterocycles. The molecule has 4 nitrogen and oxygen atoms in total. The van der Waals surface area contributed by atoms with Gasteiger partial charge in [-0.2, -0.15) is 0 Å². The number of benzene rings is 1. The van der Waals surface area contributed by atoms with Crippen LogP contribution in [0.25, 0.3) is 0 Å². The van der Waals surface area contributed by atoms with Crippen molar-refractivity contribution in [3.8, 4) is 5.75 Å². The Morgan fingerprint density at radius 2 is 2.26 bits per heavy atom. The van der Waals surface area contributed by atoms with Crippen LogP contribution < -0.4 is 10.1 Å². The highest BCUT2D eigenvalue weighted by Crippen LogP contribution is 2.22. The first kappa shape index (κ1) is 20.4. The number of nitrogens with zero attached hydrogens (tertiary/aromatic N) is 2. The van der Waals surface area contributed by atoms with Gasteiger partial charge in [0.1, 0.15) is 5.75 Å². The smallest absolute Gasteiger partial charge is 0.193 e. The molecule has 1 heterocycles. The van der Waals surface area contributed by atoms with E-state index < -0.39 is 0 Å². The Morgan fingerprint density at radius 1 is 1.48 bits per heavy atom. The van der Waals surface area contributed by atoms with Crippen LogP contribution in [0.3, 0.4) is 0 Å². The van der Waals surface area contributed by atoms with Crippen molar-refractivity contribution in [3.05, 3.63) is 28.8 Å². The first-order valence-electron chi connectivity index (χ1n) is 7.92. The number of hydrogen-bond acceptors (Lipinski definition) is 2. The van der Waals surface area contributed by atoms with E-state index in [0.717, 1.165) is 54.3 Å². The summed E-state index contributed by atoms with van der Waals surface area (Å²) in [6, 6.07) is 5.83. The molecule has 1 aliphatic rings. The molecular formula is C17H27ClIN3O. The van der Waals surface area contributed by atoms with Crippen molar-refractivity contribution >= 4 is 41.5 Å². The average Bonchev–Trinajstić information content (AvgIpc) is 2.52. The van der Waals surface area contributed by atoms with Crippen molar-refractivity contribution in [2.45, 2.75) is 26.2 Å². The van der Waals surface area contributed by atoms with Crippen LogP contribution in [0, 0.1) is 5.92 Å². The molecule has 1 N–H and O–H groups in total. The number of likely N-dealkylation sites (tertiary alicyclic amines) is 1. The Labute approximate surface area is 161 Å². The molecule has 0 bridgehead atoms. The predicted octanol–water partition coefficient (Wildman–Crippen LogP) is 3.82. The van der Waals surface area contributed by atoms with Crippen molar-refractivity contribution in [3.63, 3.8) is 0 Å². The molecule has 0 amide bonds. The van der Waals surface area contributed by atoms with E-state index in [1.807, 2.05) is 25.2 Å². The number of aliphatic imine (C=N–C) groups is 1. The first-order chi connectivity index (χ1) is 10.6. The molecule has 1 fully saturated rings. The average molecular weight is 452 g/mol. The van der Waals surface area contributed by atoms with Crippen molar-refractivity contribution in [1.29, 1.82) is 0 Å². The van der Waals surface area contributed by atoms with Gasteiger partial charge in [-0.3, -0.25) is 4.99 Å². The quantitative estimate of drug-likeness (QED) is 0.430. The lowest BCUT2D eigenvalue weighted by atomic mass is 10.0. The van der Waals surface area contributed by atoms with Crippen molar-refractivity contribution in [2.75, 3.05) is 33.8 Å². The van der Waals surface area contributed by atoms with Crippen LogP contribution >= 0.6 is 35.6 Å². The van der Waals surface area contributed by atoms with Gasteiger partial charge in [0.15, 0.2) is 5.96 Å². The predicted molar refractivity (Wildman–Crippen MR) is 108 cm³/mol. The number of rotatable bonds is 4. The van der Waals surface area contributed by atoms with Crippen molar-refractivity contribution in [1.82, 2.24) is 10.2 Å². The zero-order valence-electron chi connectivity index (χ0n) is 14.1. The number of nitrogens with one attached hydrogen (secondary N) is 1. The second kappa shape index (κ2) is 10.2. The number of halogens is 2. The Kier molecular flexibility index (Phi) is 9.06. The number of methoxy groups -OCH3 is 1. The van der Waals surface area contributed by atoms with Gasteiger partial charge in [0.25, 0.3) is 0 Å². The summed E-state index contributed by atoms with van der Waals surface area (Å²) < 4.78 is 5.17. The SMILES string of the molecule is CN=C(NCCc1ccc(OC)cc1Cl)N1CCCC(C)C1.I. The third-order valence-corrected chi connectivity index (χ3v) is 4.46. The summed E-state index contributed by atoms with van der Waals surface area (Å²) in [6.07, 6.45) is 3.42. The minimum atomic E-state index is 0. The standard InChI is InChI=1S/C17H26ClN3O.HI/c1-13-5-4-10-21(12-13)17(19-2)20-9-8-14-6-7-15(22-3)11-16(14)18;/h6-7,11,13H,4-5,8-10,12H2,1-3H3,(H,19,20);1H. The van der Waals surface area contributed by atoms with Crippen LogP contribution in [0.15, 0.2) is 23.2 Å². The molecule has 23 heavy (non-hydrogen) atoms. The van der Waals surface area contributed by atoms with Gasteiger partial charge in [0.05, 0.1) is 7.11 Å². The molecule has 0 saturated carbocycles. The Bertz CT molecular complexity index is 525. The third kappa shape index (κ3) is 6.03. The summed E-state index contributed by atoms with van der Waals surface area (Å²) in [5, 5.41) is 4.20. The molecule has 2 rings (SSSR count). The van der Waals surface area contributed by atoms with Crippen LogP contribution in [0.4, 0.5) is 0 Å². The highest BCUT2D eigenvalue weighted by molar-refractivity contribution is 14.0. The van der Waals surface area contributed by atoms with E-state index in [9.17, 15) is 0 Å². The minimum Gasteiger partial charge on any atom is -0.497 e. The molecule has 0 radical (unpaired) electrons. The maximum atomic E-state index is 6.28. The maximum absolute atomic E-state index is 6.28. The highest BCUT2D eigenvalue weighted by Gasteiger charge is 2.18. The second-order valence-electron chi connectivity index (χ2n) is 5.87. The maximum Gasteiger partial charge on any atom is 0.193 e. The summed E-state index contributed by atoms with van der Waals surface area (Å²) in [5.41, 5.74) is 1.12. The van der Waals surface area contributed by atoms with Crippen LogP contribution in [0.1, 0.15) is 25.3 Å². The van der Waals surface area contributed by atoms with Gasteiger partial charge in [-0.25, -0.2) is 0 Å². The summed E-state index contributed by atoms with van der Waals surface area (Å²) in [7, 11) is 3.50. The molecule has 0 aromatic heterocycles. The normalized spacial score (nSPS) is 18.3. The number of hydrogen-bond donors (Lipinski definition) is 1. The zero-order valence-corrected chi connectivity index (χ0v) is 17.2. The fourth-order valence-electron chi connectivity index (χ4n) is 2.88. The van der Waals surface area contributed by atoms with Gasteiger partial charge in [0.2, 0.25) is 0 Å². The van der Waals surface area contributed by atoms with Gasteiger partial charge in [-0.15, -0.1) is 24.0 Å². The molecule has 130 valence electrons. The topological polar surface area (TPSA) is 36.9 Å². The van der Waals surface area contributed by atoms with E-state index in [1.165, 1.54) is 12.8 Å². The lowest BCUT2D eigenvalue weighted by Gasteiger charge is -2.33. The Morgan fingerprint density at radius 3 is 2.87 bits per heavy atom. The van der Waals surface area contributed by atoms with Crippen LogP contribution in [0.2, 0.25) is 5.02 Å². The molecule has 1 aromatic rings. The molecule has 1 unspecified atom stereocenters. The Balaban J connectivity index is 0.00000264. The van der Waals surface area contributed by atoms with Crippen LogP contribution in [-0.2, 0) is 6.42 Å². The fourth-order valence-corrected chi connectivity index (χ4v) is 3.15. The summed E-state index contributed by atoms with van der Waals surface area (Å²) in [6.45, 7) is 5.30. The number of guanidine groups is 1. The largest absolute Gasteiger partial charge is 0.497 e. The molecule has 1 aromatic carbocycles. The van der Waals surface area contributed by atoms with Gasteiger partial charge in [-0.1, -0.05) is 24.6 Å². The first-order valence-corrected chi connectivity index (χ1v) is 8.30. The summed E-state index contributed by atoms with van der Waals surface area (Å²) >= 11 is 6.28. The lowest BCUT2D eigenvalue weighted by molar-refractivity contribution is 0.266. The number of ether oxygens (including phenoxy) is 1. The van der Waals surface area contributed by atoms with Gasteiger partial charge >= 0.3 is 0 Å². The Hall–Kier alpha value is -0.690. The summed E-state index contributed by atoms with van der Waals surface area (Å²) in [5.74, 6) is 2.53. The third-order valence-electron chi connectivity index (χ3n) is 4.11. The highest BCUT2D eigenvalue weighted by atomic mass is 127.